The summed E-state index contributed by atoms with van der Waals surface area (Å²) in [5, 5.41) is 0. The van der Waals surface area contributed by atoms with E-state index in [2.05, 4.69) is 0 Å². The van der Waals surface area contributed by atoms with Gasteiger partial charge in [-0.2, -0.15) is 13.2 Å². The predicted octanol–water partition coefficient (Wildman–Crippen LogP) is 4.06. The first kappa shape index (κ1) is 13.4. The van der Waals surface area contributed by atoms with Crippen LogP contribution in [0, 0.1) is 11.8 Å². The Morgan fingerprint density at radius 1 is 1.06 bits per heavy atom. The fraction of sp³-hybridized carbons (Fsp3) is 0.571. The first-order chi connectivity index (χ1) is 8.50. The van der Waals surface area contributed by atoms with E-state index in [1.165, 1.54) is 0 Å². The smallest absolute Gasteiger partial charge is 0.324 e. The van der Waals surface area contributed by atoms with E-state index in [1.54, 1.807) is 0 Å². The SMILES string of the molecule is NC(c1ccccc1)C1CCCCC1C(F)(F)F. The normalized spacial score (nSPS) is 26.9. The summed E-state index contributed by atoms with van der Waals surface area (Å²) in [5.41, 5.74) is 6.86. The van der Waals surface area contributed by atoms with Crippen molar-refractivity contribution in [2.45, 2.75) is 37.9 Å². The minimum Gasteiger partial charge on any atom is -0.324 e. The van der Waals surface area contributed by atoms with Gasteiger partial charge in [0.1, 0.15) is 0 Å². The lowest BCUT2D eigenvalue weighted by molar-refractivity contribution is -0.198. The third-order valence-electron chi connectivity index (χ3n) is 3.89. The van der Waals surface area contributed by atoms with E-state index in [0.29, 0.717) is 12.8 Å². The molecule has 0 heterocycles. The topological polar surface area (TPSA) is 26.0 Å². The van der Waals surface area contributed by atoms with E-state index in [0.717, 1.165) is 12.0 Å². The number of alkyl halides is 3. The van der Waals surface area contributed by atoms with Crippen LogP contribution in [0.3, 0.4) is 0 Å². The zero-order chi connectivity index (χ0) is 13.2. The van der Waals surface area contributed by atoms with Crippen molar-refractivity contribution in [2.75, 3.05) is 0 Å². The van der Waals surface area contributed by atoms with Gasteiger partial charge in [0, 0.05) is 6.04 Å². The van der Waals surface area contributed by atoms with Crippen LogP contribution in [0.4, 0.5) is 13.2 Å². The summed E-state index contributed by atoms with van der Waals surface area (Å²) in [7, 11) is 0. The Morgan fingerprint density at radius 2 is 1.67 bits per heavy atom. The van der Waals surface area contributed by atoms with Crippen molar-refractivity contribution in [3.8, 4) is 0 Å². The van der Waals surface area contributed by atoms with Crippen LogP contribution in [0.1, 0.15) is 37.3 Å². The average molecular weight is 257 g/mol. The van der Waals surface area contributed by atoms with Crippen molar-refractivity contribution >= 4 is 0 Å². The Morgan fingerprint density at radius 3 is 2.28 bits per heavy atom. The fourth-order valence-electron chi connectivity index (χ4n) is 2.92. The summed E-state index contributed by atoms with van der Waals surface area (Å²) in [6.45, 7) is 0. The van der Waals surface area contributed by atoms with Crippen molar-refractivity contribution < 1.29 is 13.2 Å². The maximum absolute atomic E-state index is 13.0. The molecule has 3 unspecified atom stereocenters. The highest BCUT2D eigenvalue weighted by molar-refractivity contribution is 5.19. The van der Waals surface area contributed by atoms with Crippen LogP contribution in [0.2, 0.25) is 0 Å². The molecule has 2 rings (SSSR count). The zero-order valence-corrected chi connectivity index (χ0v) is 10.2. The quantitative estimate of drug-likeness (QED) is 0.849. The van der Waals surface area contributed by atoms with Gasteiger partial charge in [-0.05, 0) is 24.3 Å². The molecule has 1 fully saturated rings. The lowest BCUT2D eigenvalue weighted by Crippen LogP contribution is -2.38. The van der Waals surface area contributed by atoms with E-state index in [4.69, 9.17) is 5.73 Å². The molecule has 0 radical (unpaired) electrons. The third kappa shape index (κ3) is 2.86. The lowest BCUT2D eigenvalue weighted by atomic mass is 9.73. The molecule has 3 atom stereocenters. The minimum atomic E-state index is -4.13. The number of hydrogen-bond donors (Lipinski definition) is 1. The number of rotatable bonds is 2. The second kappa shape index (κ2) is 5.31. The molecule has 100 valence electrons. The Labute approximate surface area is 105 Å². The van der Waals surface area contributed by atoms with Gasteiger partial charge in [-0.15, -0.1) is 0 Å². The van der Waals surface area contributed by atoms with Gasteiger partial charge in [0.05, 0.1) is 5.92 Å². The van der Waals surface area contributed by atoms with Gasteiger partial charge < -0.3 is 5.73 Å². The monoisotopic (exact) mass is 257 g/mol. The van der Waals surface area contributed by atoms with Crippen molar-refractivity contribution in [1.82, 2.24) is 0 Å². The Hall–Kier alpha value is -1.03. The van der Waals surface area contributed by atoms with Crippen molar-refractivity contribution in [2.24, 2.45) is 17.6 Å². The average Bonchev–Trinajstić information content (AvgIpc) is 2.38. The summed E-state index contributed by atoms with van der Waals surface area (Å²) in [4.78, 5) is 0. The van der Waals surface area contributed by atoms with Gasteiger partial charge in [-0.3, -0.25) is 0 Å². The molecular weight excluding hydrogens is 239 g/mol. The van der Waals surface area contributed by atoms with E-state index >= 15 is 0 Å². The molecule has 1 nitrogen and oxygen atoms in total. The molecule has 0 spiro atoms. The largest absolute Gasteiger partial charge is 0.392 e. The Balaban J connectivity index is 2.19. The summed E-state index contributed by atoms with van der Waals surface area (Å²) in [6.07, 6.45) is -1.84. The Kier molecular flexibility index (Phi) is 3.95. The molecule has 2 N–H and O–H groups in total. The number of hydrogen-bond acceptors (Lipinski definition) is 1. The van der Waals surface area contributed by atoms with Gasteiger partial charge in [0.25, 0.3) is 0 Å². The zero-order valence-electron chi connectivity index (χ0n) is 10.2. The maximum Gasteiger partial charge on any atom is 0.392 e. The Bertz CT molecular complexity index is 374. The van der Waals surface area contributed by atoms with Gasteiger partial charge in [-0.25, -0.2) is 0 Å². The van der Waals surface area contributed by atoms with Gasteiger partial charge >= 0.3 is 6.18 Å². The molecule has 1 aliphatic carbocycles. The molecule has 0 amide bonds. The van der Waals surface area contributed by atoms with E-state index in [-0.39, 0.29) is 6.42 Å². The number of halogens is 3. The highest BCUT2D eigenvalue weighted by Crippen LogP contribution is 2.45. The molecule has 0 saturated heterocycles. The van der Waals surface area contributed by atoms with Crippen LogP contribution < -0.4 is 5.73 Å². The summed E-state index contributed by atoms with van der Waals surface area (Å²) in [6, 6.07) is 8.59. The van der Waals surface area contributed by atoms with Crippen LogP contribution in [0.25, 0.3) is 0 Å². The minimum absolute atomic E-state index is 0.217. The van der Waals surface area contributed by atoms with Crippen molar-refractivity contribution in [3.63, 3.8) is 0 Å². The molecule has 1 aromatic carbocycles. The van der Waals surface area contributed by atoms with Crippen LogP contribution in [0.15, 0.2) is 30.3 Å². The van der Waals surface area contributed by atoms with Crippen LogP contribution in [0.5, 0.6) is 0 Å². The highest BCUT2D eigenvalue weighted by Gasteiger charge is 2.47. The molecular formula is C14H18F3N. The standard InChI is InChI=1S/C14H18F3N/c15-14(16,17)12-9-5-4-8-11(12)13(18)10-6-2-1-3-7-10/h1-3,6-7,11-13H,4-5,8-9,18H2. The van der Waals surface area contributed by atoms with Gasteiger partial charge in [0.2, 0.25) is 0 Å². The first-order valence-corrected chi connectivity index (χ1v) is 6.37. The van der Waals surface area contributed by atoms with Crippen molar-refractivity contribution in [3.05, 3.63) is 35.9 Å². The molecule has 18 heavy (non-hydrogen) atoms. The van der Waals surface area contributed by atoms with Gasteiger partial charge in [0.15, 0.2) is 0 Å². The number of nitrogens with two attached hydrogens (primary N) is 1. The summed E-state index contributed by atoms with van der Waals surface area (Å²) in [5.74, 6) is -1.73. The maximum atomic E-state index is 13.0. The molecule has 0 bridgehead atoms. The lowest BCUT2D eigenvalue weighted by Gasteiger charge is -2.36. The van der Waals surface area contributed by atoms with Gasteiger partial charge in [-0.1, -0.05) is 43.2 Å². The van der Waals surface area contributed by atoms with Crippen molar-refractivity contribution in [1.29, 1.82) is 0 Å². The first-order valence-electron chi connectivity index (χ1n) is 6.37. The highest BCUT2D eigenvalue weighted by atomic mass is 19.4. The van der Waals surface area contributed by atoms with E-state index < -0.39 is 24.1 Å². The molecule has 1 aliphatic rings. The molecule has 1 aromatic rings. The van der Waals surface area contributed by atoms with E-state index in [1.807, 2.05) is 30.3 Å². The predicted molar refractivity (Wildman–Crippen MR) is 64.9 cm³/mol. The molecule has 0 aliphatic heterocycles. The van der Waals surface area contributed by atoms with Crippen LogP contribution >= 0.6 is 0 Å². The van der Waals surface area contributed by atoms with Crippen LogP contribution in [-0.4, -0.2) is 6.18 Å². The second-order valence-electron chi connectivity index (χ2n) is 5.03. The molecule has 1 saturated carbocycles. The summed E-state index contributed by atoms with van der Waals surface area (Å²) >= 11 is 0. The second-order valence-corrected chi connectivity index (χ2v) is 5.03. The summed E-state index contributed by atoms with van der Waals surface area (Å²) < 4.78 is 39.0. The fourth-order valence-corrected chi connectivity index (χ4v) is 2.92. The van der Waals surface area contributed by atoms with E-state index in [9.17, 15) is 13.2 Å². The molecule has 4 heteroatoms. The van der Waals surface area contributed by atoms with Crippen LogP contribution in [-0.2, 0) is 0 Å². The number of benzene rings is 1. The molecule has 0 aromatic heterocycles. The third-order valence-corrected chi connectivity index (χ3v) is 3.89.